The summed E-state index contributed by atoms with van der Waals surface area (Å²) in [5, 5.41) is 2.34. The lowest BCUT2D eigenvalue weighted by Crippen LogP contribution is -2.52. The minimum Gasteiger partial charge on any atom is -0.494 e. The van der Waals surface area contributed by atoms with Crippen LogP contribution in [0.3, 0.4) is 0 Å². The van der Waals surface area contributed by atoms with E-state index >= 15 is 0 Å². The van der Waals surface area contributed by atoms with Gasteiger partial charge in [0, 0.05) is 24.4 Å². The Kier molecular flexibility index (Phi) is 9.91. The number of nitrogens with zero attached hydrogens (tertiary/aromatic N) is 2. The number of imide groups is 1. The number of aryl methyl sites for hydroxylation is 1. The standard InChI is InChI=1S/C44H46FN3O4/c45-33-26-37(39-28-48(44(51)38(39)27-33)40-18-19-41(49)46-43(40)50)31-20-23-47(24-21-31)22-6-7-25-52-34-15-12-32(13-16-34)42-35-11-5-4-10-30(35)14-17-36(42)29-8-2-1-3-9-29/h1-5,8-13,15-16,26-27,31,36,40,42H,6-7,14,17-25,28H2,(H,46,49,50). The summed E-state index contributed by atoms with van der Waals surface area (Å²) >= 11 is 0. The van der Waals surface area contributed by atoms with Gasteiger partial charge >= 0.3 is 0 Å². The summed E-state index contributed by atoms with van der Waals surface area (Å²) in [4.78, 5) is 41.4. The zero-order valence-corrected chi connectivity index (χ0v) is 29.6. The van der Waals surface area contributed by atoms with E-state index in [0.717, 1.165) is 75.0 Å². The summed E-state index contributed by atoms with van der Waals surface area (Å²) < 4.78 is 21.0. The van der Waals surface area contributed by atoms with E-state index in [1.165, 1.54) is 33.2 Å². The quantitative estimate of drug-likeness (QED) is 0.137. The van der Waals surface area contributed by atoms with Crippen LogP contribution in [0.4, 0.5) is 4.39 Å². The van der Waals surface area contributed by atoms with Crippen molar-refractivity contribution in [2.24, 2.45) is 0 Å². The van der Waals surface area contributed by atoms with E-state index in [1.54, 1.807) is 6.07 Å². The summed E-state index contributed by atoms with van der Waals surface area (Å²) in [5.74, 6) is 0.320. The van der Waals surface area contributed by atoms with Crippen LogP contribution in [0.2, 0.25) is 0 Å². The first-order chi connectivity index (χ1) is 25.4. The molecule has 52 heavy (non-hydrogen) atoms. The number of unbranched alkanes of at least 4 members (excludes halogenated alkanes) is 1. The molecule has 0 aromatic heterocycles. The lowest BCUT2D eigenvalue weighted by atomic mass is 9.69. The molecule has 268 valence electrons. The molecule has 0 saturated carbocycles. The Morgan fingerprint density at radius 3 is 2.33 bits per heavy atom. The zero-order chi connectivity index (χ0) is 35.6. The maximum absolute atomic E-state index is 14.8. The first-order valence-corrected chi connectivity index (χ1v) is 19.0. The number of hydrogen-bond acceptors (Lipinski definition) is 5. The minimum absolute atomic E-state index is 0.159. The summed E-state index contributed by atoms with van der Waals surface area (Å²) in [7, 11) is 0. The summed E-state index contributed by atoms with van der Waals surface area (Å²) in [5.41, 5.74) is 7.70. The van der Waals surface area contributed by atoms with E-state index in [4.69, 9.17) is 4.74 Å². The van der Waals surface area contributed by atoms with Gasteiger partial charge in [-0.05, 0) is 134 Å². The third kappa shape index (κ3) is 7.01. The monoisotopic (exact) mass is 699 g/mol. The normalized spacial score (nSPS) is 22.2. The molecule has 0 spiro atoms. The minimum atomic E-state index is -0.703. The Hall–Kier alpha value is -4.82. The molecule has 2 saturated heterocycles. The molecule has 3 amide bonds. The molecule has 0 bridgehead atoms. The lowest BCUT2D eigenvalue weighted by Gasteiger charge is -2.34. The van der Waals surface area contributed by atoms with Crippen molar-refractivity contribution >= 4 is 17.7 Å². The third-order valence-corrected chi connectivity index (χ3v) is 11.8. The van der Waals surface area contributed by atoms with Gasteiger partial charge < -0.3 is 14.5 Å². The molecule has 1 N–H and O–H groups in total. The van der Waals surface area contributed by atoms with Crippen LogP contribution < -0.4 is 10.1 Å². The van der Waals surface area contributed by atoms with E-state index in [1.807, 2.05) is 0 Å². The van der Waals surface area contributed by atoms with Gasteiger partial charge in [0.2, 0.25) is 11.8 Å². The van der Waals surface area contributed by atoms with Crippen molar-refractivity contribution in [1.29, 1.82) is 0 Å². The number of carbonyl (C=O) groups excluding carboxylic acids is 3. The van der Waals surface area contributed by atoms with Crippen LogP contribution in [0.15, 0.2) is 91.0 Å². The first kappa shape index (κ1) is 34.3. The van der Waals surface area contributed by atoms with Crippen molar-refractivity contribution in [2.45, 2.75) is 81.7 Å². The molecule has 3 heterocycles. The maximum atomic E-state index is 14.8. The fourth-order valence-electron chi connectivity index (χ4n) is 9.11. The molecule has 2 fully saturated rings. The molecular weight excluding hydrogens is 653 g/mol. The second kappa shape index (κ2) is 15.0. The molecule has 0 radical (unpaired) electrons. The SMILES string of the molecule is O=C1CCC(N2Cc3c(cc(F)cc3C3CCN(CCCCOc4ccc(C5c6ccccc6CCC5c5ccccc5)cc4)CC3)C2=O)C(=O)N1. The predicted octanol–water partition coefficient (Wildman–Crippen LogP) is 7.49. The number of amides is 3. The summed E-state index contributed by atoms with van der Waals surface area (Å²) in [6, 6.07) is 30.8. The van der Waals surface area contributed by atoms with Gasteiger partial charge in [0.25, 0.3) is 5.91 Å². The van der Waals surface area contributed by atoms with Crippen molar-refractivity contribution in [2.75, 3.05) is 26.2 Å². The van der Waals surface area contributed by atoms with Crippen LogP contribution in [-0.2, 0) is 22.6 Å². The Bertz CT molecular complexity index is 1940. The average Bonchev–Trinajstić information content (AvgIpc) is 3.50. The highest BCUT2D eigenvalue weighted by Gasteiger charge is 2.41. The van der Waals surface area contributed by atoms with Crippen molar-refractivity contribution in [1.82, 2.24) is 15.1 Å². The number of rotatable bonds is 10. The van der Waals surface area contributed by atoms with Gasteiger partial charge in [0.05, 0.1) is 6.61 Å². The number of fused-ring (bicyclic) bond motifs is 2. The smallest absolute Gasteiger partial charge is 0.255 e. The van der Waals surface area contributed by atoms with Gasteiger partial charge in [-0.3, -0.25) is 19.7 Å². The van der Waals surface area contributed by atoms with Gasteiger partial charge in [-0.1, -0.05) is 66.7 Å². The number of ether oxygens (including phenoxy) is 1. The van der Waals surface area contributed by atoms with E-state index in [9.17, 15) is 18.8 Å². The van der Waals surface area contributed by atoms with Crippen molar-refractivity contribution in [3.63, 3.8) is 0 Å². The number of nitrogens with one attached hydrogen (secondary N) is 1. The van der Waals surface area contributed by atoms with Gasteiger partial charge in [0.15, 0.2) is 0 Å². The fourth-order valence-corrected chi connectivity index (χ4v) is 9.11. The molecule has 3 unspecified atom stereocenters. The van der Waals surface area contributed by atoms with E-state index in [0.29, 0.717) is 30.4 Å². The van der Waals surface area contributed by atoms with Gasteiger partial charge in [0.1, 0.15) is 17.6 Å². The average molecular weight is 700 g/mol. The number of likely N-dealkylation sites (tertiary alicyclic amines) is 1. The van der Waals surface area contributed by atoms with E-state index < -0.39 is 17.8 Å². The van der Waals surface area contributed by atoms with Gasteiger partial charge in [-0.2, -0.15) is 0 Å². The molecule has 1 aliphatic carbocycles. The first-order valence-electron chi connectivity index (χ1n) is 19.0. The Balaban J connectivity index is 0.819. The van der Waals surface area contributed by atoms with Crippen molar-refractivity contribution in [3.8, 4) is 5.75 Å². The van der Waals surface area contributed by atoms with Crippen LogP contribution in [0.5, 0.6) is 5.75 Å². The maximum Gasteiger partial charge on any atom is 0.255 e. The molecule has 4 aliphatic rings. The van der Waals surface area contributed by atoms with Crippen LogP contribution in [0.25, 0.3) is 0 Å². The van der Waals surface area contributed by atoms with Crippen LogP contribution in [-0.4, -0.2) is 59.8 Å². The van der Waals surface area contributed by atoms with Crippen molar-refractivity contribution < 1.29 is 23.5 Å². The predicted molar refractivity (Wildman–Crippen MR) is 198 cm³/mol. The fraction of sp³-hybridized carbons (Fsp3) is 0.386. The highest BCUT2D eigenvalue weighted by atomic mass is 19.1. The Morgan fingerprint density at radius 1 is 0.769 bits per heavy atom. The molecule has 8 rings (SSSR count). The molecule has 4 aromatic rings. The Labute approximate surface area is 305 Å². The van der Waals surface area contributed by atoms with E-state index in [2.05, 4.69) is 89.1 Å². The Morgan fingerprint density at radius 2 is 1.54 bits per heavy atom. The number of benzene rings is 4. The van der Waals surface area contributed by atoms with Gasteiger partial charge in [-0.15, -0.1) is 0 Å². The largest absolute Gasteiger partial charge is 0.494 e. The second-order valence-electron chi connectivity index (χ2n) is 14.9. The number of piperidine rings is 2. The number of carbonyl (C=O) groups is 3. The summed E-state index contributed by atoms with van der Waals surface area (Å²) in [6.07, 6.45) is 6.51. The number of hydrogen-bond donors (Lipinski definition) is 1. The third-order valence-electron chi connectivity index (χ3n) is 11.8. The second-order valence-corrected chi connectivity index (χ2v) is 14.9. The van der Waals surface area contributed by atoms with E-state index in [-0.39, 0.29) is 30.7 Å². The molecule has 3 atom stereocenters. The highest BCUT2D eigenvalue weighted by Crippen LogP contribution is 2.46. The van der Waals surface area contributed by atoms with Crippen LogP contribution in [0.1, 0.15) is 106 Å². The zero-order valence-electron chi connectivity index (χ0n) is 29.6. The highest BCUT2D eigenvalue weighted by molar-refractivity contribution is 6.05. The van der Waals surface area contributed by atoms with Crippen LogP contribution in [0, 0.1) is 5.82 Å². The molecule has 7 nitrogen and oxygen atoms in total. The molecular formula is C44H46FN3O4. The molecule has 8 heteroatoms. The topological polar surface area (TPSA) is 79.0 Å². The van der Waals surface area contributed by atoms with Gasteiger partial charge in [-0.25, -0.2) is 4.39 Å². The van der Waals surface area contributed by atoms with Crippen molar-refractivity contribution in [3.05, 3.63) is 136 Å². The molecule has 4 aromatic carbocycles. The lowest BCUT2D eigenvalue weighted by molar-refractivity contribution is -0.136. The number of halogens is 1. The summed E-state index contributed by atoms with van der Waals surface area (Å²) in [6.45, 7) is 3.76. The van der Waals surface area contributed by atoms with Crippen LogP contribution >= 0.6 is 0 Å². The molecule has 3 aliphatic heterocycles.